The average Bonchev–Trinajstić information content (AvgIpc) is 2.88. The summed E-state index contributed by atoms with van der Waals surface area (Å²) in [6, 6.07) is 0. The first-order valence-electron chi connectivity index (χ1n) is 10.00. The second-order valence-corrected chi connectivity index (χ2v) is 9.74. The Labute approximate surface area is 145 Å². The Morgan fingerprint density at radius 2 is 1.83 bits per heavy atom. The quantitative estimate of drug-likeness (QED) is 0.795. The molecule has 4 fully saturated rings. The number of rotatable bonds is 1. The summed E-state index contributed by atoms with van der Waals surface area (Å²) in [4.78, 5) is 25.4. The fourth-order valence-corrected chi connectivity index (χ4v) is 7.59. The van der Waals surface area contributed by atoms with Crippen molar-refractivity contribution in [1.29, 1.82) is 0 Å². The number of Topliss-reactive ketones (excluding diaryl/α,β-unsaturated/α-hetero) is 2. The molecule has 1 N–H and O–H groups in total. The summed E-state index contributed by atoms with van der Waals surface area (Å²) in [5, 5.41) is 10.1. The van der Waals surface area contributed by atoms with Crippen molar-refractivity contribution >= 4 is 11.6 Å². The third-order valence-electron chi connectivity index (χ3n) is 8.99. The van der Waals surface area contributed by atoms with Gasteiger partial charge in [0.25, 0.3) is 0 Å². The number of ketones is 2. The molecule has 3 heteroatoms. The second-order valence-electron chi connectivity index (χ2n) is 9.74. The zero-order chi connectivity index (χ0) is 17.3. The van der Waals surface area contributed by atoms with E-state index in [9.17, 15) is 14.7 Å². The Kier molecular flexibility index (Phi) is 3.77. The first-order chi connectivity index (χ1) is 11.3. The highest BCUT2D eigenvalue weighted by Crippen LogP contribution is 2.66. The van der Waals surface area contributed by atoms with Crippen LogP contribution in [-0.4, -0.2) is 22.8 Å². The van der Waals surface area contributed by atoms with E-state index < -0.39 is 5.41 Å². The fourth-order valence-electron chi connectivity index (χ4n) is 7.59. The van der Waals surface area contributed by atoms with Crippen LogP contribution in [0.15, 0.2) is 0 Å². The molecule has 4 unspecified atom stereocenters. The molecule has 4 aliphatic rings. The van der Waals surface area contributed by atoms with Gasteiger partial charge in [0.05, 0.1) is 6.10 Å². The van der Waals surface area contributed by atoms with Crippen LogP contribution >= 0.6 is 0 Å². The van der Waals surface area contributed by atoms with Gasteiger partial charge < -0.3 is 5.11 Å². The number of carbonyl (C=O) groups is 2. The van der Waals surface area contributed by atoms with E-state index in [1.807, 2.05) is 0 Å². The van der Waals surface area contributed by atoms with Gasteiger partial charge in [0.15, 0.2) is 0 Å². The van der Waals surface area contributed by atoms with Gasteiger partial charge >= 0.3 is 0 Å². The molecule has 0 saturated heterocycles. The lowest BCUT2D eigenvalue weighted by atomic mass is 9.44. The molecule has 3 nitrogen and oxygen atoms in total. The van der Waals surface area contributed by atoms with Crippen molar-refractivity contribution in [1.82, 2.24) is 0 Å². The number of carbonyl (C=O) groups excluding carboxylic acids is 2. The average molecular weight is 332 g/mol. The maximum absolute atomic E-state index is 13.2. The highest BCUT2D eigenvalue weighted by molar-refractivity contribution is 5.93. The predicted octanol–water partition coefficient (Wildman–Crippen LogP) is 3.77. The highest BCUT2D eigenvalue weighted by atomic mass is 16.3. The molecule has 4 saturated carbocycles. The number of aliphatic hydroxyl groups is 1. The molecule has 0 bridgehead atoms. The number of hydrogen-bond donors (Lipinski definition) is 1. The highest BCUT2D eigenvalue weighted by Gasteiger charge is 2.64. The van der Waals surface area contributed by atoms with Crippen molar-refractivity contribution < 1.29 is 14.7 Å². The lowest BCUT2D eigenvalue weighted by Gasteiger charge is -2.60. The molecule has 4 rings (SSSR count). The van der Waals surface area contributed by atoms with Gasteiger partial charge in [-0.25, -0.2) is 0 Å². The molecule has 0 amide bonds. The van der Waals surface area contributed by atoms with Crippen molar-refractivity contribution in [2.75, 3.05) is 0 Å². The fraction of sp³-hybridized carbons (Fsp3) is 0.905. The molecule has 0 aromatic rings. The zero-order valence-corrected chi connectivity index (χ0v) is 15.4. The van der Waals surface area contributed by atoms with Crippen molar-refractivity contribution in [3.8, 4) is 0 Å². The van der Waals surface area contributed by atoms with Gasteiger partial charge in [-0.3, -0.25) is 9.59 Å². The van der Waals surface area contributed by atoms with Crippen LogP contribution in [0.2, 0.25) is 0 Å². The first kappa shape index (κ1) is 16.8. The summed E-state index contributed by atoms with van der Waals surface area (Å²) in [6.07, 6.45) is 7.75. The normalized spacial score (nSPS) is 53.9. The Morgan fingerprint density at radius 3 is 2.54 bits per heavy atom. The van der Waals surface area contributed by atoms with Gasteiger partial charge in [-0.2, -0.15) is 0 Å². The van der Waals surface area contributed by atoms with Crippen LogP contribution in [0, 0.1) is 40.4 Å². The van der Waals surface area contributed by atoms with Crippen LogP contribution in [-0.2, 0) is 9.59 Å². The minimum absolute atomic E-state index is 0.0466. The first-order valence-corrected chi connectivity index (χ1v) is 10.00. The predicted molar refractivity (Wildman–Crippen MR) is 92.3 cm³/mol. The van der Waals surface area contributed by atoms with Crippen molar-refractivity contribution in [3.63, 3.8) is 0 Å². The molecule has 0 aromatic carbocycles. The molecule has 0 aliphatic heterocycles. The van der Waals surface area contributed by atoms with Gasteiger partial charge in [-0.1, -0.05) is 13.8 Å². The summed E-state index contributed by atoms with van der Waals surface area (Å²) in [6.45, 7) is 6.18. The van der Waals surface area contributed by atoms with Gasteiger partial charge in [-0.15, -0.1) is 0 Å². The summed E-state index contributed by atoms with van der Waals surface area (Å²) in [5.74, 6) is 2.59. The second kappa shape index (κ2) is 5.40. The van der Waals surface area contributed by atoms with Crippen LogP contribution in [0.25, 0.3) is 0 Å². The molecular weight excluding hydrogens is 300 g/mol. The minimum atomic E-state index is -0.398. The van der Waals surface area contributed by atoms with Crippen molar-refractivity contribution in [2.24, 2.45) is 40.4 Å². The van der Waals surface area contributed by atoms with E-state index in [-0.39, 0.29) is 23.2 Å². The molecule has 0 heterocycles. The summed E-state index contributed by atoms with van der Waals surface area (Å²) in [7, 11) is 0. The zero-order valence-electron chi connectivity index (χ0n) is 15.4. The molecule has 134 valence electrons. The largest absolute Gasteiger partial charge is 0.393 e. The molecule has 8 atom stereocenters. The van der Waals surface area contributed by atoms with E-state index in [4.69, 9.17) is 0 Å². The Morgan fingerprint density at radius 1 is 1.08 bits per heavy atom. The smallest absolute Gasteiger partial charge is 0.140 e. The molecule has 24 heavy (non-hydrogen) atoms. The van der Waals surface area contributed by atoms with Crippen LogP contribution < -0.4 is 0 Å². The van der Waals surface area contributed by atoms with E-state index in [1.165, 1.54) is 12.8 Å². The van der Waals surface area contributed by atoms with Crippen LogP contribution in [0.3, 0.4) is 0 Å². The summed E-state index contributed by atoms with van der Waals surface area (Å²) < 4.78 is 0. The number of aliphatic hydroxyl groups excluding tert-OH is 1. The maximum atomic E-state index is 13.2. The van der Waals surface area contributed by atoms with E-state index in [0.717, 1.165) is 32.1 Å². The molecule has 0 spiro atoms. The van der Waals surface area contributed by atoms with E-state index >= 15 is 0 Å². The topological polar surface area (TPSA) is 54.4 Å². The van der Waals surface area contributed by atoms with E-state index in [2.05, 4.69) is 13.8 Å². The van der Waals surface area contributed by atoms with Crippen LogP contribution in [0.5, 0.6) is 0 Å². The molecule has 4 aliphatic carbocycles. The number of fused-ring (bicyclic) bond motifs is 5. The van der Waals surface area contributed by atoms with Crippen LogP contribution in [0.1, 0.15) is 72.1 Å². The van der Waals surface area contributed by atoms with Crippen molar-refractivity contribution in [2.45, 2.75) is 78.2 Å². The Hall–Kier alpha value is -0.700. The lowest BCUT2D eigenvalue weighted by molar-refractivity contribution is -0.161. The Bertz CT molecular complexity index is 569. The third kappa shape index (κ3) is 2.06. The van der Waals surface area contributed by atoms with Gasteiger partial charge in [0.2, 0.25) is 0 Å². The molecule has 0 radical (unpaired) electrons. The van der Waals surface area contributed by atoms with Crippen LogP contribution in [0.4, 0.5) is 0 Å². The lowest BCUT2D eigenvalue weighted by Crippen LogP contribution is -2.57. The SMILES string of the molecule is CC(=O)[C@H]1CCC2C3CC[C@H]4CC(O)CC[C@]4(C)C3CC(=O)[C@@]21C. The summed E-state index contributed by atoms with van der Waals surface area (Å²) in [5.41, 5.74) is -0.183. The van der Waals surface area contributed by atoms with Gasteiger partial charge in [0, 0.05) is 17.8 Å². The van der Waals surface area contributed by atoms with E-state index in [1.54, 1.807) is 6.92 Å². The Balaban J connectivity index is 1.68. The standard InChI is InChI=1S/C21H32O3/c1-12(22)16-6-7-17-15-5-4-13-10-14(23)8-9-20(13,2)18(15)11-19(24)21(16,17)3/h13-18,23H,4-11H2,1-3H3/t13-,14?,15?,16+,17?,18?,20-,21+/m0/s1. The molecule has 0 aromatic heterocycles. The molecular formula is C21H32O3. The summed E-state index contributed by atoms with van der Waals surface area (Å²) >= 11 is 0. The minimum Gasteiger partial charge on any atom is -0.393 e. The van der Waals surface area contributed by atoms with Gasteiger partial charge in [0.1, 0.15) is 11.6 Å². The van der Waals surface area contributed by atoms with E-state index in [0.29, 0.717) is 35.9 Å². The monoisotopic (exact) mass is 332 g/mol. The van der Waals surface area contributed by atoms with Gasteiger partial charge in [-0.05, 0) is 81.0 Å². The third-order valence-corrected chi connectivity index (χ3v) is 8.99. The van der Waals surface area contributed by atoms with Crippen molar-refractivity contribution in [3.05, 3.63) is 0 Å². The number of hydrogen-bond acceptors (Lipinski definition) is 3. The maximum Gasteiger partial charge on any atom is 0.140 e.